The van der Waals surface area contributed by atoms with Crippen molar-refractivity contribution in [3.63, 3.8) is 0 Å². The molecule has 14 heavy (non-hydrogen) atoms. The minimum atomic E-state index is 0.609. The summed E-state index contributed by atoms with van der Waals surface area (Å²) < 4.78 is 2.53. The van der Waals surface area contributed by atoms with Crippen LogP contribution >= 0.6 is 15.9 Å². The minimum Gasteiger partial charge on any atom is -0.247 e. The molecule has 0 aliphatic carbocycles. The monoisotopic (exact) mass is 249 g/mol. The molecule has 0 radical (unpaired) electrons. The molecular formula is C8H4BrN5. The third-order valence-corrected chi connectivity index (χ3v) is 2.28. The summed E-state index contributed by atoms with van der Waals surface area (Å²) in [7, 11) is 0. The van der Waals surface area contributed by atoms with Gasteiger partial charge in [-0.2, -0.15) is 0 Å². The van der Waals surface area contributed by atoms with Crippen LogP contribution in [0.5, 0.6) is 0 Å². The van der Waals surface area contributed by atoms with Crippen molar-refractivity contribution < 1.29 is 0 Å². The van der Waals surface area contributed by atoms with E-state index in [4.69, 9.17) is 0 Å². The van der Waals surface area contributed by atoms with E-state index in [0.29, 0.717) is 5.65 Å². The van der Waals surface area contributed by atoms with Crippen molar-refractivity contribution in [1.82, 2.24) is 24.6 Å². The fraction of sp³-hybridized carbons (Fsp3) is 0. The lowest BCUT2D eigenvalue weighted by molar-refractivity contribution is 0.942. The molecule has 5 nitrogen and oxygen atoms in total. The summed E-state index contributed by atoms with van der Waals surface area (Å²) >= 11 is 3.33. The molecule has 0 aromatic carbocycles. The lowest BCUT2D eigenvalue weighted by Gasteiger charge is -1.91. The number of hydrogen-bond donors (Lipinski definition) is 0. The molecule has 0 amide bonds. The van der Waals surface area contributed by atoms with Crippen molar-refractivity contribution in [3.05, 3.63) is 29.3 Å². The average molecular weight is 250 g/mol. The second-order valence-corrected chi connectivity index (χ2v) is 3.68. The highest BCUT2D eigenvalue weighted by molar-refractivity contribution is 9.10. The predicted octanol–water partition coefficient (Wildman–Crippen LogP) is 1.43. The van der Waals surface area contributed by atoms with E-state index in [9.17, 15) is 0 Å². The summed E-state index contributed by atoms with van der Waals surface area (Å²) in [5, 5.41) is 4.23. The van der Waals surface area contributed by atoms with Crippen LogP contribution in [0, 0.1) is 0 Å². The topological polar surface area (TPSA) is 56.0 Å². The molecule has 0 fully saturated rings. The number of hydrogen-bond acceptors (Lipinski definition) is 4. The van der Waals surface area contributed by atoms with E-state index in [2.05, 4.69) is 36.0 Å². The maximum Gasteiger partial charge on any atom is 0.202 e. The van der Waals surface area contributed by atoms with Gasteiger partial charge in [-0.3, -0.25) is 0 Å². The van der Waals surface area contributed by atoms with Crippen LogP contribution in [0.2, 0.25) is 0 Å². The second-order valence-electron chi connectivity index (χ2n) is 2.77. The maximum absolute atomic E-state index is 4.23. The third kappa shape index (κ3) is 1.00. The van der Waals surface area contributed by atoms with Crippen molar-refractivity contribution >= 4 is 32.7 Å². The summed E-state index contributed by atoms with van der Waals surface area (Å²) in [6.45, 7) is 0. The van der Waals surface area contributed by atoms with Gasteiger partial charge in [0.25, 0.3) is 0 Å². The van der Waals surface area contributed by atoms with Gasteiger partial charge in [0.15, 0.2) is 11.2 Å². The van der Waals surface area contributed by atoms with E-state index in [1.54, 1.807) is 23.1 Å². The Kier molecular flexibility index (Phi) is 1.51. The number of aromatic nitrogens is 5. The average Bonchev–Trinajstić information content (AvgIpc) is 2.54. The quantitative estimate of drug-likeness (QED) is 0.605. The second kappa shape index (κ2) is 2.71. The van der Waals surface area contributed by atoms with Crippen LogP contribution in [-0.4, -0.2) is 24.6 Å². The van der Waals surface area contributed by atoms with E-state index in [0.717, 1.165) is 15.6 Å². The molecule has 0 aliphatic rings. The Morgan fingerprint density at radius 2 is 2.00 bits per heavy atom. The molecule has 0 spiro atoms. The van der Waals surface area contributed by atoms with Crippen LogP contribution in [0.25, 0.3) is 16.8 Å². The van der Waals surface area contributed by atoms with E-state index in [1.807, 2.05) is 6.20 Å². The number of nitrogens with zero attached hydrogens (tertiary/aromatic N) is 5. The molecule has 6 heteroatoms. The normalized spacial score (nSPS) is 11.2. The Balaban J connectivity index is 2.57. The molecule has 0 unspecified atom stereocenters. The summed E-state index contributed by atoms with van der Waals surface area (Å²) in [5.41, 5.74) is 2.05. The van der Waals surface area contributed by atoms with Gasteiger partial charge in [0.1, 0.15) is 0 Å². The Bertz CT molecular complexity index is 617. The van der Waals surface area contributed by atoms with E-state index in [1.165, 1.54) is 0 Å². The smallest absolute Gasteiger partial charge is 0.202 e. The van der Waals surface area contributed by atoms with Gasteiger partial charge in [-0.15, -0.1) is 5.10 Å². The first-order valence-electron chi connectivity index (χ1n) is 3.95. The van der Waals surface area contributed by atoms with Crippen molar-refractivity contribution in [3.8, 4) is 0 Å². The summed E-state index contributed by atoms with van der Waals surface area (Å²) in [4.78, 5) is 12.5. The number of rotatable bonds is 0. The first-order chi connectivity index (χ1) is 6.84. The molecule has 0 saturated carbocycles. The van der Waals surface area contributed by atoms with Gasteiger partial charge in [-0.05, 0) is 15.9 Å². The van der Waals surface area contributed by atoms with Gasteiger partial charge >= 0.3 is 0 Å². The molecule has 0 saturated heterocycles. The Morgan fingerprint density at radius 1 is 1.14 bits per heavy atom. The van der Waals surface area contributed by atoms with E-state index in [-0.39, 0.29) is 0 Å². The zero-order valence-corrected chi connectivity index (χ0v) is 8.51. The molecule has 0 atom stereocenters. The van der Waals surface area contributed by atoms with Crippen LogP contribution < -0.4 is 0 Å². The van der Waals surface area contributed by atoms with Crippen LogP contribution in [0.1, 0.15) is 0 Å². The van der Waals surface area contributed by atoms with Gasteiger partial charge in [0, 0.05) is 24.8 Å². The number of fused-ring (bicyclic) bond motifs is 3. The van der Waals surface area contributed by atoms with Gasteiger partial charge < -0.3 is 0 Å². The van der Waals surface area contributed by atoms with Crippen molar-refractivity contribution in [1.29, 1.82) is 0 Å². The highest BCUT2D eigenvalue weighted by Crippen LogP contribution is 2.14. The lowest BCUT2D eigenvalue weighted by Crippen LogP contribution is -1.88. The molecule has 3 rings (SSSR count). The SMILES string of the molecule is Brc1cnc2c3nccnc3nn2c1. The standard InChI is InChI=1S/C8H4BrN5/c9-5-3-12-8-6-7(11-2-1-10-6)13-14(8)4-5/h1-4H. The zero-order chi connectivity index (χ0) is 9.54. The lowest BCUT2D eigenvalue weighted by atomic mass is 10.5. The highest BCUT2D eigenvalue weighted by atomic mass is 79.9. The van der Waals surface area contributed by atoms with Crippen molar-refractivity contribution in [2.75, 3.05) is 0 Å². The Hall–Kier alpha value is -1.56. The molecule has 68 valence electrons. The Morgan fingerprint density at radius 3 is 2.93 bits per heavy atom. The molecule has 0 aliphatic heterocycles. The highest BCUT2D eigenvalue weighted by Gasteiger charge is 2.07. The molecular weight excluding hydrogens is 246 g/mol. The van der Waals surface area contributed by atoms with Gasteiger partial charge in [0.2, 0.25) is 5.65 Å². The van der Waals surface area contributed by atoms with Gasteiger partial charge in [0.05, 0.1) is 4.47 Å². The van der Waals surface area contributed by atoms with E-state index < -0.39 is 0 Å². The van der Waals surface area contributed by atoms with Crippen LogP contribution in [-0.2, 0) is 0 Å². The fourth-order valence-corrected chi connectivity index (χ4v) is 1.60. The largest absolute Gasteiger partial charge is 0.247 e. The predicted molar refractivity (Wildman–Crippen MR) is 53.8 cm³/mol. The first kappa shape index (κ1) is 7.81. The summed E-state index contributed by atoms with van der Waals surface area (Å²) in [6, 6.07) is 0. The molecule has 0 bridgehead atoms. The first-order valence-corrected chi connectivity index (χ1v) is 4.74. The van der Waals surface area contributed by atoms with Crippen molar-refractivity contribution in [2.24, 2.45) is 0 Å². The molecule has 3 aromatic rings. The van der Waals surface area contributed by atoms with Gasteiger partial charge in [-0.1, -0.05) is 0 Å². The minimum absolute atomic E-state index is 0.609. The fourth-order valence-electron chi connectivity index (χ4n) is 1.30. The maximum atomic E-state index is 4.23. The third-order valence-electron chi connectivity index (χ3n) is 1.87. The summed E-state index contributed by atoms with van der Waals surface area (Å²) in [5.74, 6) is 0. The van der Waals surface area contributed by atoms with Crippen LogP contribution in [0.4, 0.5) is 0 Å². The van der Waals surface area contributed by atoms with Crippen LogP contribution in [0.3, 0.4) is 0 Å². The molecule has 3 heterocycles. The number of halogens is 1. The molecule has 0 N–H and O–H groups in total. The van der Waals surface area contributed by atoms with E-state index >= 15 is 0 Å². The summed E-state index contributed by atoms with van der Waals surface area (Å²) in [6.07, 6.45) is 6.79. The molecule has 3 aromatic heterocycles. The van der Waals surface area contributed by atoms with Gasteiger partial charge in [-0.25, -0.2) is 19.5 Å². The Labute approximate surface area is 86.9 Å². The van der Waals surface area contributed by atoms with Crippen molar-refractivity contribution in [2.45, 2.75) is 0 Å². The van der Waals surface area contributed by atoms with Crippen LogP contribution in [0.15, 0.2) is 29.3 Å². The zero-order valence-electron chi connectivity index (χ0n) is 6.92.